The normalized spacial score (nSPS) is 20.2. The van der Waals surface area contributed by atoms with Gasteiger partial charge < -0.3 is 9.80 Å². The standard InChI is InChI=1S/C21H25ClN2O/c1-23(15-17-5-3-2-4-6-17)21(25)19-11-13-24(14-12-19)16-18-7-9-20(22)10-8-18/h2-10,19H,11-16H2,1H3/p+1. The molecule has 4 heteroatoms. The average molecular weight is 358 g/mol. The monoisotopic (exact) mass is 357 g/mol. The molecule has 1 amide bonds. The zero-order valence-electron chi connectivity index (χ0n) is 14.7. The van der Waals surface area contributed by atoms with E-state index in [0.717, 1.165) is 37.5 Å². The number of nitrogens with one attached hydrogen (secondary N) is 1. The van der Waals surface area contributed by atoms with Gasteiger partial charge >= 0.3 is 0 Å². The molecule has 3 rings (SSSR count). The fraction of sp³-hybridized carbons (Fsp3) is 0.381. The van der Waals surface area contributed by atoms with Crippen LogP contribution in [-0.2, 0) is 17.9 Å². The molecule has 3 nitrogen and oxygen atoms in total. The highest BCUT2D eigenvalue weighted by atomic mass is 35.5. The van der Waals surface area contributed by atoms with E-state index < -0.39 is 0 Å². The quantitative estimate of drug-likeness (QED) is 0.874. The summed E-state index contributed by atoms with van der Waals surface area (Å²) in [6, 6.07) is 18.3. The number of rotatable bonds is 5. The number of hydrogen-bond donors (Lipinski definition) is 1. The van der Waals surface area contributed by atoms with Crippen molar-refractivity contribution in [3.05, 3.63) is 70.7 Å². The number of hydrogen-bond acceptors (Lipinski definition) is 1. The molecule has 25 heavy (non-hydrogen) atoms. The molecule has 0 bridgehead atoms. The Morgan fingerprint density at radius 2 is 1.68 bits per heavy atom. The number of benzene rings is 2. The zero-order valence-corrected chi connectivity index (χ0v) is 15.5. The molecule has 1 aliphatic heterocycles. The van der Waals surface area contributed by atoms with Gasteiger partial charge in [-0.3, -0.25) is 4.79 Å². The predicted octanol–water partition coefficient (Wildman–Crippen LogP) is 2.79. The van der Waals surface area contributed by atoms with E-state index in [0.29, 0.717) is 6.54 Å². The molecule has 1 heterocycles. The third kappa shape index (κ3) is 5.07. The van der Waals surface area contributed by atoms with Gasteiger partial charge in [0.2, 0.25) is 5.91 Å². The molecule has 0 unspecified atom stereocenters. The lowest BCUT2D eigenvalue weighted by atomic mass is 9.95. The largest absolute Gasteiger partial charge is 0.341 e. The van der Waals surface area contributed by atoms with Crippen LogP contribution in [0.4, 0.5) is 0 Å². The molecule has 0 saturated carbocycles. The van der Waals surface area contributed by atoms with Gasteiger partial charge in [0.05, 0.1) is 13.1 Å². The van der Waals surface area contributed by atoms with Gasteiger partial charge in [-0.15, -0.1) is 0 Å². The third-order valence-electron chi connectivity index (χ3n) is 5.05. The van der Waals surface area contributed by atoms with Gasteiger partial charge in [0.15, 0.2) is 0 Å². The van der Waals surface area contributed by atoms with E-state index in [-0.39, 0.29) is 11.8 Å². The minimum Gasteiger partial charge on any atom is -0.341 e. The van der Waals surface area contributed by atoms with E-state index >= 15 is 0 Å². The Labute approximate surface area is 155 Å². The molecule has 1 aliphatic rings. The summed E-state index contributed by atoms with van der Waals surface area (Å²) in [6.07, 6.45) is 1.95. The Morgan fingerprint density at radius 1 is 1.04 bits per heavy atom. The smallest absolute Gasteiger partial charge is 0.226 e. The van der Waals surface area contributed by atoms with Crippen molar-refractivity contribution in [2.45, 2.75) is 25.9 Å². The number of carbonyl (C=O) groups excluding carboxylic acids is 1. The number of piperidine rings is 1. The molecular formula is C21H26ClN2O+. The van der Waals surface area contributed by atoms with Gasteiger partial charge in [-0.1, -0.05) is 54.1 Å². The molecule has 1 fully saturated rings. The third-order valence-corrected chi connectivity index (χ3v) is 5.30. The number of nitrogens with zero attached hydrogens (tertiary/aromatic N) is 1. The van der Waals surface area contributed by atoms with Crippen molar-refractivity contribution in [1.29, 1.82) is 0 Å². The molecule has 0 radical (unpaired) electrons. The summed E-state index contributed by atoms with van der Waals surface area (Å²) in [5.41, 5.74) is 2.49. The first-order valence-electron chi connectivity index (χ1n) is 8.99. The van der Waals surface area contributed by atoms with Gasteiger partial charge in [0.1, 0.15) is 6.54 Å². The summed E-state index contributed by atoms with van der Waals surface area (Å²) < 4.78 is 0. The Morgan fingerprint density at radius 3 is 2.32 bits per heavy atom. The maximum Gasteiger partial charge on any atom is 0.226 e. The Hall–Kier alpha value is -1.84. The summed E-state index contributed by atoms with van der Waals surface area (Å²) in [6.45, 7) is 3.81. The fourth-order valence-corrected chi connectivity index (χ4v) is 3.71. The van der Waals surface area contributed by atoms with Crippen LogP contribution in [0.1, 0.15) is 24.0 Å². The number of amides is 1. The van der Waals surface area contributed by atoms with Crippen molar-refractivity contribution < 1.29 is 9.69 Å². The molecule has 1 saturated heterocycles. The lowest BCUT2D eigenvalue weighted by Gasteiger charge is -2.31. The van der Waals surface area contributed by atoms with Crippen molar-refractivity contribution in [3.63, 3.8) is 0 Å². The van der Waals surface area contributed by atoms with Gasteiger partial charge in [-0.2, -0.15) is 0 Å². The molecule has 0 spiro atoms. The molecule has 0 atom stereocenters. The van der Waals surface area contributed by atoms with E-state index in [4.69, 9.17) is 11.6 Å². The molecule has 2 aromatic rings. The highest BCUT2D eigenvalue weighted by molar-refractivity contribution is 6.30. The highest BCUT2D eigenvalue weighted by Gasteiger charge is 2.29. The number of likely N-dealkylation sites (tertiary alicyclic amines) is 1. The van der Waals surface area contributed by atoms with E-state index in [1.807, 2.05) is 42.3 Å². The number of quaternary nitrogens is 1. The van der Waals surface area contributed by atoms with Crippen molar-refractivity contribution >= 4 is 17.5 Å². The van der Waals surface area contributed by atoms with Crippen molar-refractivity contribution in [1.82, 2.24) is 4.90 Å². The van der Waals surface area contributed by atoms with Crippen LogP contribution in [0.15, 0.2) is 54.6 Å². The Balaban J connectivity index is 1.48. The number of halogens is 1. The van der Waals surface area contributed by atoms with Gasteiger partial charge in [0.25, 0.3) is 0 Å². The lowest BCUT2D eigenvalue weighted by molar-refractivity contribution is -0.919. The molecule has 2 aromatic carbocycles. The van der Waals surface area contributed by atoms with Crippen LogP contribution in [0, 0.1) is 5.92 Å². The van der Waals surface area contributed by atoms with Gasteiger partial charge in [-0.05, 0) is 17.7 Å². The second kappa shape index (κ2) is 8.50. The first-order chi connectivity index (χ1) is 12.1. The van der Waals surface area contributed by atoms with E-state index in [1.54, 1.807) is 4.90 Å². The second-order valence-electron chi connectivity index (χ2n) is 7.01. The summed E-state index contributed by atoms with van der Waals surface area (Å²) in [4.78, 5) is 16.1. The lowest BCUT2D eigenvalue weighted by Crippen LogP contribution is -3.11. The van der Waals surface area contributed by atoms with Crippen LogP contribution in [0.25, 0.3) is 0 Å². The van der Waals surface area contributed by atoms with E-state index in [2.05, 4.69) is 24.3 Å². The summed E-state index contributed by atoms with van der Waals surface area (Å²) in [5.74, 6) is 0.456. The summed E-state index contributed by atoms with van der Waals surface area (Å²) >= 11 is 5.95. The molecule has 0 aliphatic carbocycles. The van der Waals surface area contributed by atoms with E-state index in [9.17, 15) is 4.79 Å². The molecule has 132 valence electrons. The van der Waals surface area contributed by atoms with Gasteiger partial charge in [-0.25, -0.2) is 0 Å². The van der Waals surface area contributed by atoms with Crippen LogP contribution >= 0.6 is 11.6 Å². The topological polar surface area (TPSA) is 24.8 Å². The van der Waals surface area contributed by atoms with Crippen LogP contribution in [0.2, 0.25) is 5.02 Å². The van der Waals surface area contributed by atoms with Crippen molar-refractivity contribution in [2.24, 2.45) is 5.92 Å². The SMILES string of the molecule is CN(Cc1ccccc1)C(=O)C1CC[NH+](Cc2ccc(Cl)cc2)CC1. The maximum atomic E-state index is 12.7. The van der Waals surface area contributed by atoms with Crippen LogP contribution in [0.5, 0.6) is 0 Å². The Bertz CT molecular complexity index is 679. The number of carbonyl (C=O) groups is 1. The fourth-order valence-electron chi connectivity index (χ4n) is 3.59. The molecule has 0 aromatic heterocycles. The second-order valence-corrected chi connectivity index (χ2v) is 7.44. The van der Waals surface area contributed by atoms with E-state index in [1.165, 1.54) is 11.1 Å². The Kier molecular flexibility index (Phi) is 6.11. The minimum atomic E-state index is 0.169. The minimum absolute atomic E-state index is 0.169. The first kappa shape index (κ1) is 18.0. The highest BCUT2D eigenvalue weighted by Crippen LogP contribution is 2.15. The van der Waals surface area contributed by atoms with Crippen molar-refractivity contribution in [3.8, 4) is 0 Å². The summed E-state index contributed by atoms with van der Waals surface area (Å²) in [7, 11) is 1.92. The summed E-state index contributed by atoms with van der Waals surface area (Å²) in [5, 5.41) is 0.782. The molecule has 1 N–H and O–H groups in total. The first-order valence-corrected chi connectivity index (χ1v) is 9.36. The average Bonchev–Trinajstić information content (AvgIpc) is 2.64. The zero-order chi connectivity index (χ0) is 17.6. The van der Waals surface area contributed by atoms with Crippen LogP contribution in [0.3, 0.4) is 0 Å². The van der Waals surface area contributed by atoms with Crippen LogP contribution in [-0.4, -0.2) is 30.9 Å². The maximum absolute atomic E-state index is 12.7. The predicted molar refractivity (Wildman–Crippen MR) is 101 cm³/mol. The molecular weight excluding hydrogens is 332 g/mol. The van der Waals surface area contributed by atoms with Crippen LogP contribution < -0.4 is 4.90 Å². The van der Waals surface area contributed by atoms with Crippen molar-refractivity contribution in [2.75, 3.05) is 20.1 Å². The van der Waals surface area contributed by atoms with Gasteiger partial charge in [0, 0.05) is 42.9 Å².